The summed E-state index contributed by atoms with van der Waals surface area (Å²) >= 11 is 0. The van der Waals surface area contributed by atoms with Gasteiger partial charge in [0.15, 0.2) is 0 Å². The molecule has 0 saturated carbocycles. The van der Waals surface area contributed by atoms with Gasteiger partial charge in [0, 0.05) is 23.5 Å². The first-order chi connectivity index (χ1) is 8.22. The van der Waals surface area contributed by atoms with Crippen LogP contribution in [0.1, 0.15) is 25.3 Å². The molecule has 0 aliphatic rings. The predicted octanol–water partition coefficient (Wildman–Crippen LogP) is 2.41. The normalized spacial score (nSPS) is 12.8. The van der Waals surface area contributed by atoms with Crippen molar-refractivity contribution in [1.29, 1.82) is 0 Å². The van der Waals surface area contributed by atoms with E-state index in [2.05, 4.69) is 11.1 Å². The van der Waals surface area contributed by atoms with Crippen LogP contribution in [-0.4, -0.2) is 16.8 Å². The number of aromatic nitrogens is 1. The van der Waals surface area contributed by atoms with Gasteiger partial charge in [-0.15, -0.1) is 0 Å². The van der Waals surface area contributed by atoms with Gasteiger partial charge >= 0.3 is 0 Å². The molecule has 17 heavy (non-hydrogen) atoms. The van der Waals surface area contributed by atoms with Crippen molar-refractivity contribution in [3.63, 3.8) is 0 Å². The quantitative estimate of drug-likeness (QED) is 0.828. The van der Waals surface area contributed by atoms with Crippen molar-refractivity contribution in [2.24, 2.45) is 5.73 Å². The third kappa shape index (κ3) is 2.56. The number of benzene rings is 1. The molecule has 0 aliphatic heterocycles. The fourth-order valence-corrected chi connectivity index (χ4v) is 2.08. The molecule has 90 valence electrons. The Morgan fingerprint density at radius 2 is 2.18 bits per heavy atom. The van der Waals surface area contributed by atoms with E-state index in [9.17, 15) is 4.79 Å². The molecular weight excluding hydrogens is 212 g/mol. The van der Waals surface area contributed by atoms with Gasteiger partial charge in [-0.1, -0.05) is 25.1 Å². The molecule has 1 aromatic heterocycles. The number of para-hydroxylation sites is 1. The summed E-state index contributed by atoms with van der Waals surface area (Å²) in [7, 11) is 0. The van der Waals surface area contributed by atoms with E-state index < -0.39 is 0 Å². The molecule has 2 rings (SSSR count). The molecule has 1 aromatic carbocycles. The molecule has 1 heterocycles. The maximum atomic E-state index is 11.7. The molecule has 3 nitrogen and oxygen atoms in total. The van der Waals surface area contributed by atoms with E-state index >= 15 is 0 Å². The summed E-state index contributed by atoms with van der Waals surface area (Å²) in [4.78, 5) is 14.9. The Kier molecular flexibility index (Phi) is 3.59. The number of carbonyl (C=O) groups excluding carboxylic acids is 1. The predicted molar refractivity (Wildman–Crippen MR) is 69.9 cm³/mol. The van der Waals surface area contributed by atoms with Crippen molar-refractivity contribution in [2.75, 3.05) is 0 Å². The first-order valence-corrected chi connectivity index (χ1v) is 6.05. The number of rotatable bonds is 5. The highest BCUT2D eigenvalue weighted by Gasteiger charge is 2.14. The van der Waals surface area contributed by atoms with Crippen LogP contribution < -0.4 is 5.73 Å². The number of aromatic amines is 1. The Balaban J connectivity index is 2.16. The second kappa shape index (κ2) is 5.15. The minimum Gasteiger partial charge on any atom is -0.361 e. The summed E-state index contributed by atoms with van der Waals surface area (Å²) in [6.45, 7) is 2.00. The Bertz CT molecular complexity index is 516. The highest BCUT2D eigenvalue weighted by molar-refractivity contribution is 5.87. The van der Waals surface area contributed by atoms with Gasteiger partial charge in [-0.3, -0.25) is 4.79 Å². The molecule has 3 heteroatoms. The van der Waals surface area contributed by atoms with Gasteiger partial charge in [-0.25, -0.2) is 0 Å². The summed E-state index contributed by atoms with van der Waals surface area (Å²) in [5, 5.41) is 1.16. The second-order valence-corrected chi connectivity index (χ2v) is 4.39. The topological polar surface area (TPSA) is 58.9 Å². The summed E-state index contributed by atoms with van der Waals surface area (Å²) in [5.41, 5.74) is 8.14. The lowest BCUT2D eigenvalue weighted by Crippen LogP contribution is -2.32. The van der Waals surface area contributed by atoms with Crippen LogP contribution in [0.15, 0.2) is 30.5 Å². The number of ketones is 1. The number of Topliss-reactive ketones (excluding diaryl/α,β-unsaturated/α-hetero) is 1. The van der Waals surface area contributed by atoms with Crippen LogP contribution in [0.3, 0.4) is 0 Å². The van der Waals surface area contributed by atoms with Gasteiger partial charge in [-0.05, 0) is 24.5 Å². The summed E-state index contributed by atoms with van der Waals surface area (Å²) in [6.07, 6.45) is 4.00. The Hall–Kier alpha value is -1.61. The van der Waals surface area contributed by atoms with E-state index in [1.54, 1.807) is 0 Å². The number of nitrogens with two attached hydrogens (primary N) is 1. The minimum atomic E-state index is -0.380. The second-order valence-electron chi connectivity index (χ2n) is 4.39. The molecule has 0 amide bonds. The molecule has 3 N–H and O–H groups in total. The van der Waals surface area contributed by atoms with E-state index in [1.165, 1.54) is 0 Å². The summed E-state index contributed by atoms with van der Waals surface area (Å²) in [5.74, 6) is 0.151. The van der Waals surface area contributed by atoms with Crippen LogP contribution in [0.25, 0.3) is 10.9 Å². The van der Waals surface area contributed by atoms with E-state index in [1.807, 2.05) is 31.3 Å². The smallest absolute Gasteiger partial charge is 0.149 e. The van der Waals surface area contributed by atoms with Crippen LogP contribution in [0, 0.1) is 0 Å². The van der Waals surface area contributed by atoms with E-state index in [4.69, 9.17) is 5.73 Å². The molecule has 0 spiro atoms. The lowest BCUT2D eigenvalue weighted by Gasteiger charge is -2.08. The molecule has 0 bridgehead atoms. The number of hydrogen-bond donors (Lipinski definition) is 2. The Morgan fingerprint density at radius 3 is 2.94 bits per heavy atom. The fraction of sp³-hybridized carbons (Fsp3) is 0.357. The van der Waals surface area contributed by atoms with Gasteiger partial charge in [0.2, 0.25) is 0 Å². The van der Waals surface area contributed by atoms with E-state index in [-0.39, 0.29) is 11.8 Å². The monoisotopic (exact) mass is 230 g/mol. The summed E-state index contributed by atoms with van der Waals surface area (Å²) in [6, 6.07) is 7.69. The zero-order valence-electron chi connectivity index (χ0n) is 10.1. The number of nitrogens with one attached hydrogen (secondary N) is 1. The minimum absolute atomic E-state index is 0.151. The molecule has 0 fully saturated rings. The van der Waals surface area contributed by atoms with Crippen molar-refractivity contribution >= 4 is 16.7 Å². The van der Waals surface area contributed by atoms with E-state index in [0.717, 1.165) is 22.9 Å². The SMILES string of the molecule is CCCC(=O)C(N)Cc1c[nH]c2ccccc12. The maximum absolute atomic E-state index is 11.7. The Labute approximate surface area is 101 Å². The van der Waals surface area contributed by atoms with Crippen LogP contribution in [0.4, 0.5) is 0 Å². The molecule has 2 aromatic rings. The third-order valence-corrected chi connectivity index (χ3v) is 3.02. The van der Waals surface area contributed by atoms with Crippen LogP contribution in [0.2, 0.25) is 0 Å². The molecule has 1 unspecified atom stereocenters. The highest BCUT2D eigenvalue weighted by Crippen LogP contribution is 2.19. The molecule has 1 atom stereocenters. The zero-order valence-corrected chi connectivity index (χ0v) is 10.1. The molecule has 0 radical (unpaired) electrons. The number of hydrogen-bond acceptors (Lipinski definition) is 2. The number of H-pyrrole nitrogens is 1. The van der Waals surface area contributed by atoms with Crippen molar-refractivity contribution < 1.29 is 4.79 Å². The molecule has 0 aliphatic carbocycles. The fourth-order valence-electron chi connectivity index (χ4n) is 2.08. The average molecular weight is 230 g/mol. The standard InChI is InChI=1S/C14H18N2O/c1-2-5-14(17)12(15)8-10-9-16-13-7-4-3-6-11(10)13/h3-4,6-7,9,12,16H,2,5,8,15H2,1H3. The van der Waals surface area contributed by atoms with Crippen molar-refractivity contribution in [1.82, 2.24) is 4.98 Å². The number of carbonyl (C=O) groups is 1. The van der Waals surface area contributed by atoms with Crippen LogP contribution >= 0.6 is 0 Å². The highest BCUT2D eigenvalue weighted by atomic mass is 16.1. The van der Waals surface area contributed by atoms with Crippen LogP contribution in [0.5, 0.6) is 0 Å². The van der Waals surface area contributed by atoms with Gasteiger partial charge in [0.1, 0.15) is 5.78 Å². The first-order valence-electron chi connectivity index (χ1n) is 6.05. The van der Waals surface area contributed by atoms with Gasteiger partial charge < -0.3 is 10.7 Å². The summed E-state index contributed by atoms with van der Waals surface area (Å²) < 4.78 is 0. The van der Waals surface area contributed by atoms with Crippen LogP contribution in [-0.2, 0) is 11.2 Å². The van der Waals surface area contributed by atoms with Gasteiger partial charge in [0.25, 0.3) is 0 Å². The molecule has 0 saturated heterocycles. The lowest BCUT2D eigenvalue weighted by molar-refractivity contribution is -0.120. The third-order valence-electron chi connectivity index (χ3n) is 3.02. The maximum Gasteiger partial charge on any atom is 0.149 e. The van der Waals surface area contributed by atoms with Crippen molar-refractivity contribution in [3.8, 4) is 0 Å². The first kappa shape index (κ1) is 11.9. The van der Waals surface area contributed by atoms with Crippen molar-refractivity contribution in [2.45, 2.75) is 32.2 Å². The molecular formula is C14H18N2O. The number of fused-ring (bicyclic) bond motifs is 1. The average Bonchev–Trinajstić information content (AvgIpc) is 2.73. The zero-order chi connectivity index (χ0) is 12.3. The van der Waals surface area contributed by atoms with Crippen molar-refractivity contribution in [3.05, 3.63) is 36.0 Å². The lowest BCUT2D eigenvalue weighted by atomic mass is 10.0. The van der Waals surface area contributed by atoms with E-state index in [0.29, 0.717) is 12.8 Å². The largest absolute Gasteiger partial charge is 0.361 e. The Morgan fingerprint density at radius 1 is 1.41 bits per heavy atom. The van der Waals surface area contributed by atoms with Gasteiger partial charge in [-0.2, -0.15) is 0 Å². The van der Waals surface area contributed by atoms with Gasteiger partial charge in [0.05, 0.1) is 6.04 Å².